The Morgan fingerprint density at radius 3 is 2.52 bits per heavy atom. The van der Waals surface area contributed by atoms with Crippen LogP contribution in [0.3, 0.4) is 0 Å². The maximum absolute atomic E-state index is 12.3. The number of amides is 1. The van der Waals surface area contributed by atoms with Crippen molar-refractivity contribution in [3.63, 3.8) is 0 Å². The van der Waals surface area contributed by atoms with Gasteiger partial charge in [0, 0.05) is 25.8 Å². The van der Waals surface area contributed by atoms with Gasteiger partial charge in [-0.05, 0) is 42.4 Å². The summed E-state index contributed by atoms with van der Waals surface area (Å²) in [4.78, 5) is 14.4. The van der Waals surface area contributed by atoms with Crippen molar-refractivity contribution in [1.29, 1.82) is 5.26 Å². The summed E-state index contributed by atoms with van der Waals surface area (Å²) >= 11 is 0. The molecule has 1 heterocycles. The topological polar surface area (TPSA) is 65.4 Å². The Hall–Kier alpha value is -2.48. The lowest BCUT2D eigenvalue weighted by Gasteiger charge is -2.34. The van der Waals surface area contributed by atoms with Crippen LogP contribution in [0.4, 0.5) is 0 Å². The molecule has 1 aliphatic rings. The van der Waals surface area contributed by atoms with Gasteiger partial charge in [0.25, 0.3) is 5.91 Å². The number of likely N-dealkylation sites (tertiary alicyclic amines) is 1. The molecule has 5 heteroatoms. The third kappa shape index (κ3) is 5.82. The van der Waals surface area contributed by atoms with Gasteiger partial charge in [-0.15, -0.1) is 0 Å². The van der Waals surface area contributed by atoms with E-state index in [4.69, 9.17) is 4.74 Å². The normalized spacial score (nSPS) is 20.7. The summed E-state index contributed by atoms with van der Waals surface area (Å²) in [6, 6.07) is 9.78. The van der Waals surface area contributed by atoms with Crippen LogP contribution >= 0.6 is 0 Å². The zero-order chi connectivity index (χ0) is 18.2. The molecule has 2 atom stereocenters. The zero-order valence-electron chi connectivity index (χ0n) is 15.3. The number of carbonyl (C=O) groups excluding carboxylic acids is 1. The number of rotatable bonds is 6. The summed E-state index contributed by atoms with van der Waals surface area (Å²) in [5.74, 6) is 1.67. The number of ether oxygens (including phenoxy) is 1. The van der Waals surface area contributed by atoms with E-state index in [1.54, 1.807) is 13.3 Å². The fourth-order valence-corrected chi connectivity index (χ4v) is 3.35. The minimum Gasteiger partial charge on any atom is -0.497 e. The fraction of sp³-hybridized carbons (Fsp3) is 0.500. The average Bonchev–Trinajstić information content (AvgIpc) is 2.59. The van der Waals surface area contributed by atoms with E-state index in [0.29, 0.717) is 24.8 Å². The summed E-state index contributed by atoms with van der Waals surface area (Å²) in [7, 11) is 1.63. The molecule has 25 heavy (non-hydrogen) atoms. The molecule has 1 fully saturated rings. The first-order valence-corrected chi connectivity index (χ1v) is 8.79. The first-order chi connectivity index (χ1) is 12.0. The van der Waals surface area contributed by atoms with E-state index in [2.05, 4.69) is 24.1 Å². The predicted molar refractivity (Wildman–Crippen MR) is 97.9 cm³/mol. The molecule has 1 aliphatic heterocycles. The fourth-order valence-electron chi connectivity index (χ4n) is 3.35. The molecule has 2 rings (SSSR count). The van der Waals surface area contributed by atoms with Gasteiger partial charge in [0.15, 0.2) is 0 Å². The summed E-state index contributed by atoms with van der Waals surface area (Å²) in [6.07, 6.45) is 3.63. The van der Waals surface area contributed by atoms with Gasteiger partial charge < -0.3 is 15.0 Å². The second-order valence-electron chi connectivity index (χ2n) is 6.91. The first-order valence-electron chi connectivity index (χ1n) is 8.79. The molecule has 134 valence electrons. The second kappa shape index (κ2) is 9.12. The number of nitrogens with one attached hydrogen (secondary N) is 1. The minimum atomic E-state index is -0.304. The van der Waals surface area contributed by atoms with Gasteiger partial charge in [0.1, 0.15) is 17.4 Å². The van der Waals surface area contributed by atoms with Crippen LogP contribution in [0.25, 0.3) is 0 Å². The molecule has 0 spiro atoms. The van der Waals surface area contributed by atoms with Crippen molar-refractivity contribution >= 4 is 5.91 Å². The molecule has 1 aromatic rings. The van der Waals surface area contributed by atoms with E-state index in [9.17, 15) is 10.1 Å². The molecule has 0 bridgehead atoms. The number of benzene rings is 1. The maximum atomic E-state index is 12.3. The largest absolute Gasteiger partial charge is 0.497 e. The van der Waals surface area contributed by atoms with Crippen molar-refractivity contribution in [1.82, 2.24) is 10.2 Å². The van der Waals surface area contributed by atoms with E-state index in [1.807, 2.05) is 30.3 Å². The summed E-state index contributed by atoms with van der Waals surface area (Å²) in [5.41, 5.74) is 1.29. The highest BCUT2D eigenvalue weighted by atomic mass is 16.5. The predicted octanol–water partition coefficient (Wildman–Crippen LogP) is 2.74. The Morgan fingerprint density at radius 1 is 1.32 bits per heavy atom. The molecule has 1 N–H and O–H groups in total. The van der Waals surface area contributed by atoms with Gasteiger partial charge in [0.05, 0.1) is 7.11 Å². The minimum absolute atomic E-state index is 0.177. The SMILES string of the molecule is COc1ccc(CCNC(=O)/C(C#N)=C\N2CC(C)CC(C)C2)cc1. The van der Waals surface area contributed by atoms with Crippen molar-refractivity contribution in [3.05, 3.63) is 41.6 Å². The van der Waals surface area contributed by atoms with Gasteiger partial charge in [-0.3, -0.25) is 4.79 Å². The molecule has 5 nitrogen and oxygen atoms in total. The highest BCUT2D eigenvalue weighted by Gasteiger charge is 2.21. The maximum Gasteiger partial charge on any atom is 0.263 e. The van der Waals surface area contributed by atoms with Crippen LogP contribution in [0.15, 0.2) is 36.0 Å². The molecular weight excluding hydrogens is 314 g/mol. The molecule has 0 aliphatic carbocycles. The van der Waals surface area contributed by atoms with E-state index in [0.717, 1.165) is 24.4 Å². The van der Waals surface area contributed by atoms with Crippen molar-refractivity contribution in [2.45, 2.75) is 26.7 Å². The summed E-state index contributed by atoms with van der Waals surface area (Å²) < 4.78 is 5.13. The molecule has 1 aromatic carbocycles. The van der Waals surface area contributed by atoms with Crippen LogP contribution in [-0.4, -0.2) is 37.6 Å². The van der Waals surface area contributed by atoms with Gasteiger partial charge in [-0.2, -0.15) is 5.26 Å². The number of hydrogen-bond donors (Lipinski definition) is 1. The first kappa shape index (κ1) is 18.9. The average molecular weight is 341 g/mol. The van der Waals surface area contributed by atoms with Crippen molar-refractivity contribution in [3.8, 4) is 11.8 Å². The van der Waals surface area contributed by atoms with Crippen LogP contribution in [0.1, 0.15) is 25.8 Å². The van der Waals surface area contributed by atoms with Crippen molar-refractivity contribution in [2.24, 2.45) is 11.8 Å². The quantitative estimate of drug-likeness (QED) is 0.638. The van der Waals surface area contributed by atoms with Crippen molar-refractivity contribution in [2.75, 3.05) is 26.7 Å². The lowest BCUT2D eigenvalue weighted by atomic mass is 9.92. The highest BCUT2D eigenvalue weighted by molar-refractivity contribution is 5.97. The van der Waals surface area contributed by atoms with Gasteiger partial charge >= 0.3 is 0 Å². The molecule has 0 radical (unpaired) electrons. The molecule has 0 saturated carbocycles. The van der Waals surface area contributed by atoms with Crippen LogP contribution in [0.2, 0.25) is 0 Å². The van der Waals surface area contributed by atoms with Gasteiger partial charge in [0.2, 0.25) is 0 Å². The van der Waals surface area contributed by atoms with E-state index < -0.39 is 0 Å². The standard InChI is InChI=1S/C20H27N3O2/c1-15-10-16(2)13-23(12-15)14-18(11-21)20(24)22-9-8-17-4-6-19(25-3)7-5-17/h4-7,14-16H,8-10,12-13H2,1-3H3,(H,22,24)/b18-14-. The Kier molecular flexibility index (Phi) is 6.88. The zero-order valence-corrected chi connectivity index (χ0v) is 15.3. The second-order valence-corrected chi connectivity index (χ2v) is 6.91. The number of hydrogen-bond acceptors (Lipinski definition) is 4. The summed E-state index contributed by atoms with van der Waals surface area (Å²) in [6.45, 7) is 6.70. The van der Waals surface area contributed by atoms with Gasteiger partial charge in [-0.25, -0.2) is 0 Å². The molecular formula is C20H27N3O2. The molecule has 1 amide bonds. The van der Waals surface area contributed by atoms with Gasteiger partial charge in [-0.1, -0.05) is 26.0 Å². The third-order valence-corrected chi connectivity index (χ3v) is 4.43. The van der Waals surface area contributed by atoms with Crippen LogP contribution in [-0.2, 0) is 11.2 Å². The van der Waals surface area contributed by atoms with Crippen LogP contribution in [0.5, 0.6) is 5.75 Å². The van der Waals surface area contributed by atoms with Crippen molar-refractivity contribution < 1.29 is 9.53 Å². The number of piperidine rings is 1. The Labute approximate surface area is 150 Å². The van der Waals surface area contributed by atoms with E-state index in [-0.39, 0.29) is 11.5 Å². The third-order valence-electron chi connectivity index (χ3n) is 4.43. The Morgan fingerprint density at radius 2 is 1.96 bits per heavy atom. The lowest BCUT2D eigenvalue weighted by Crippen LogP contribution is -2.36. The number of nitrogens with zero attached hydrogens (tertiary/aromatic N) is 2. The Bertz CT molecular complexity index is 636. The van der Waals surface area contributed by atoms with E-state index in [1.165, 1.54) is 6.42 Å². The lowest BCUT2D eigenvalue weighted by molar-refractivity contribution is -0.117. The smallest absolute Gasteiger partial charge is 0.263 e. The highest BCUT2D eigenvalue weighted by Crippen LogP contribution is 2.21. The van der Waals surface area contributed by atoms with Crippen LogP contribution < -0.4 is 10.1 Å². The number of carbonyl (C=O) groups is 1. The molecule has 2 unspecified atom stereocenters. The van der Waals surface area contributed by atoms with E-state index >= 15 is 0 Å². The summed E-state index contributed by atoms with van der Waals surface area (Å²) in [5, 5.41) is 12.1. The monoisotopic (exact) mass is 341 g/mol. The molecule has 0 aromatic heterocycles. The number of nitriles is 1. The van der Waals surface area contributed by atoms with Crippen LogP contribution in [0, 0.1) is 23.2 Å². The Balaban J connectivity index is 1.86. The number of methoxy groups -OCH3 is 1. The molecule has 1 saturated heterocycles.